The molecule has 0 radical (unpaired) electrons. The Balaban J connectivity index is 1.56. The average molecular weight is 419 g/mol. The highest BCUT2D eigenvalue weighted by Crippen LogP contribution is 2.34. The maximum absolute atomic E-state index is 5.51. The van der Waals surface area contributed by atoms with Crippen molar-refractivity contribution in [1.29, 1.82) is 0 Å². The van der Waals surface area contributed by atoms with Gasteiger partial charge in [0, 0.05) is 44.4 Å². The van der Waals surface area contributed by atoms with Gasteiger partial charge in [-0.2, -0.15) is 0 Å². The Labute approximate surface area is 176 Å². The van der Waals surface area contributed by atoms with Gasteiger partial charge in [0.25, 0.3) is 0 Å². The molecule has 0 spiro atoms. The topological polar surface area (TPSA) is 67.4 Å². The van der Waals surface area contributed by atoms with Gasteiger partial charge >= 0.3 is 0 Å². The molecule has 0 saturated carbocycles. The molecule has 1 aromatic heterocycles. The van der Waals surface area contributed by atoms with Crippen molar-refractivity contribution in [2.45, 2.75) is 25.4 Å². The molecule has 0 amide bonds. The van der Waals surface area contributed by atoms with Crippen LogP contribution in [-0.4, -0.2) is 53.5 Å². The largest absolute Gasteiger partial charge is 0.496 e. The van der Waals surface area contributed by atoms with Gasteiger partial charge in [-0.3, -0.25) is 4.99 Å². The van der Waals surface area contributed by atoms with E-state index in [1.54, 1.807) is 39.7 Å². The number of benzene rings is 1. The number of hydrogen-bond acceptors (Lipinski definition) is 6. The van der Waals surface area contributed by atoms with Crippen LogP contribution in [0.15, 0.2) is 34.6 Å². The minimum atomic E-state index is 0.407. The zero-order valence-corrected chi connectivity index (χ0v) is 18.3. The fourth-order valence-electron chi connectivity index (χ4n) is 3.49. The van der Waals surface area contributed by atoms with E-state index in [0.29, 0.717) is 24.1 Å². The molecule has 2 heterocycles. The lowest BCUT2D eigenvalue weighted by atomic mass is 10.1. The number of aliphatic imine (C=N–C) groups is 1. The number of guanidine groups is 1. The number of hydrogen-bond donors (Lipinski definition) is 2. The van der Waals surface area contributed by atoms with E-state index in [1.165, 1.54) is 5.00 Å². The number of anilines is 1. The number of nitrogens with one attached hydrogen (secondary N) is 2. The summed E-state index contributed by atoms with van der Waals surface area (Å²) in [6, 6.07) is 8.47. The van der Waals surface area contributed by atoms with Crippen LogP contribution in [0.25, 0.3) is 0 Å². The van der Waals surface area contributed by atoms with Crippen LogP contribution in [-0.2, 0) is 6.54 Å². The van der Waals surface area contributed by atoms with Gasteiger partial charge in [0.05, 0.1) is 26.3 Å². The molecule has 1 fully saturated rings. The monoisotopic (exact) mass is 418 g/mol. The Kier molecular flexibility index (Phi) is 7.46. The highest BCUT2D eigenvalue weighted by atomic mass is 32.1. The molecule has 1 aromatic carbocycles. The van der Waals surface area contributed by atoms with Crippen molar-refractivity contribution in [2.24, 2.45) is 4.99 Å². The lowest BCUT2D eigenvalue weighted by Gasteiger charge is -2.33. The standard InChI is InChI=1S/C21H30N4O3S/c1-22-21(24-16-7-9-25(10-8-16)20-6-5-11-29-20)23-14-15-12-18(27-3)19(28-4)13-17(15)26-2/h5-6,11-13,16H,7-10,14H2,1-4H3,(H2,22,23,24). The zero-order chi connectivity index (χ0) is 20.6. The maximum Gasteiger partial charge on any atom is 0.191 e. The lowest BCUT2D eigenvalue weighted by Crippen LogP contribution is -2.48. The van der Waals surface area contributed by atoms with Crippen LogP contribution >= 0.6 is 11.3 Å². The second kappa shape index (κ2) is 10.2. The first-order valence-corrected chi connectivity index (χ1v) is 10.6. The van der Waals surface area contributed by atoms with Crippen LogP contribution < -0.4 is 29.7 Å². The third-order valence-corrected chi connectivity index (χ3v) is 6.04. The van der Waals surface area contributed by atoms with Crippen molar-refractivity contribution in [3.63, 3.8) is 0 Å². The predicted molar refractivity (Wildman–Crippen MR) is 119 cm³/mol. The number of nitrogens with zero attached hydrogens (tertiary/aromatic N) is 2. The van der Waals surface area contributed by atoms with Gasteiger partial charge < -0.3 is 29.7 Å². The molecule has 29 heavy (non-hydrogen) atoms. The van der Waals surface area contributed by atoms with Crippen LogP contribution in [0, 0.1) is 0 Å². The van der Waals surface area contributed by atoms with Gasteiger partial charge in [-0.05, 0) is 36.4 Å². The summed E-state index contributed by atoms with van der Waals surface area (Å²) in [5.74, 6) is 2.85. The fourth-order valence-corrected chi connectivity index (χ4v) is 4.28. The van der Waals surface area contributed by atoms with Gasteiger partial charge in [-0.25, -0.2) is 0 Å². The summed E-state index contributed by atoms with van der Waals surface area (Å²) in [6.07, 6.45) is 2.16. The summed E-state index contributed by atoms with van der Waals surface area (Å²) < 4.78 is 16.3. The second-order valence-electron chi connectivity index (χ2n) is 6.80. The Morgan fingerprint density at radius 3 is 2.38 bits per heavy atom. The smallest absolute Gasteiger partial charge is 0.191 e. The number of piperidine rings is 1. The molecule has 7 nitrogen and oxygen atoms in total. The molecule has 0 bridgehead atoms. The SMILES string of the molecule is CN=C(NCc1cc(OC)c(OC)cc1OC)NC1CCN(c2cccs2)CC1. The van der Waals surface area contributed by atoms with Crippen molar-refractivity contribution >= 4 is 22.3 Å². The van der Waals surface area contributed by atoms with Crippen LogP contribution in [0.2, 0.25) is 0 Å². The van der Waals surface area contributed by atoms with Gasteiger partial charge in [0.15, 0.2) is 17.5 Å². The van der Waals surface area contributed by atoms with E-state index in [0.717, 1.165) is 43.2 Å². The van der Waals surface area contributed by atoms with Crippen molar-refractivity contribution in [2.75, 3.05) is 46.4 Å². The summed E-state index contributed by atoms with van der Waals surface area (Å²) in [5.41, 5.74) is 0.973. The number of thiophene rings is 1. The minimum Gasteiger partial charge on any atom is -0.496 e. The highest BCUT2D eigenvalue weighted by Gasteiger charge is 2.21. The molecule has 1 aliphatic heterocycles. The normalized spacial score (nSPS) is 15.2. The van der Waals surface area contributed by atoms with Crippen LogP contribution in [0.3, 0.4) is 0 Å². The third kappa shape index (κ3) is 5.26. The van der Waals surface area contributed by atoms with Crippen LogP contribution in [0.4, 0.5) is 5.00 Å². The van der Waals surface area contributed by atoms with Crippen molar-refractivity contribution in [3.8, 4) is 17.2 Å². The maximum atomic E-state index is 5.51. The van der Waals surface area contributed by atoms with E-state index in [9.17, 15) is 0 Å². The van der Waals surface area contributed by atoms with Gasteiger partial charge in [-0.15, -0.1) is 11.3 Å². The first-order valence-electron chi connectivity index (χ1n) is 9.73. The van der Waals surface area contributed by atoms with E-state index >= 15 is 0 Å². The molecular formula is C21H30N4O3S. The highest BCUT2D eigenvalue weighted by molar-refractivity contribution is 7.14. The van der Waals surface area contributed by atoms with Crippen LogP contribution in [0.5, 0.6) is 17.2 Å². The fraction of sp³-hybridized carbons (Fsp3) is 0.476. The van der Waals surface area contributed by atoms with E-state index in [2.05, 4.69) is 38.0 Å². The zero-order valence-electron chi connectivity index (χ0n) is 17.5. The molecule has 0 unspecified atom stereocenters. The molecule has 1 saturated heterocycles. The first-order chi connectivity index (χ1) is 14.2. The molecule has 0 atom stereocenters. The Morgan fingerprint density at radius 1 is 1.10 bits per heavy atom. The molecular weight excluding hydrogens is 388 g/mol. The molecule has 2 aromatic rings. The van der Waals surface area contributed by atoms with Gasteiger partial charge in [0.1, 0.15) is 5.75 Å². The van der Waals surface area contributed by atoms with Crippen molar-refractivity contribution in [3.05, 3.63) is 35.2 Å². The van der Waals surface area contributed by atoms with Crippen LogP contribution in [0.1, 0.15) is 18.4 Å². The Bertz CT molecular complexity index is 803. The van der Waals surface area contributed by atoms with Crippen molar-refractivity contribution in [1.82, 2.24) is 10.6 Å². The summed E-state index contributed by atoms with van der Waals surface area (Å²) in [5, 5.41) is 10.4. The lowest BCUT2D eigenvalue weighted by molar-refractivity contribution is 0.347. The quantitative estimate of drug-likeness (QED) is 0.532. The average Bonchev–Trinajstić information content (AvgIpc) is 3.31. The van der Waals surface area contributed by atoms with E-state index in [-0.39, 0.29) is 0 Å². The van der Waals surface area contributed by atoms with E-state index in [4.69, 9.17) is 14.2 Å². The molecule has 0 aliphatic carbocycles. The second-order valence-corrected chi connectivity index (χ2v) is 7.73. The molecule has 158 valence electrons. The van der Waals surface area contributed by atoms with Crippen molar-refractivity contribution < 1.29 is 14.2 Å². The first kappa shape index (κ1) is 21.1. The van der Waals surface area contributed by atoms with Gasteiger partial charge in [0.2, 0.25) is 0 Å². The Hall–Kier alpha value is -2.61. The number of ether oxygens (including phenoxy) is 3. The van der Waals surface area contributed by atoms with Gasteiger partial charge in [-0.1, -0.05) is 0 Å². The molecule has 2 N–H and O–H groups in total. The molecule has 3 rings (SSSR count). The molecule has 8 heteroatoms. The molecule has 1 aliphatic rings. The summed E-state index contributed by atoms with van der Waals surface area (Å²) in [4.78, 5) is 6.84. The van der Waals surface area contributed by atoms with E-state index < -0.39 is 0 Å². The third-order valence-electron chi connectivity index (χ3n) is 5.11. The minimum absolute atomic E-state index is 0.407. The summed E-state index contributed by atoms with van der Waals surface area (Å²) >= 11 is 1.80. The summed E-state index contributed by atoms with van der Waals surface area (Å²) in [7, 11) is 6.69. The Morgan fingerprint density at radius 2 is 1.79 bits per heavy atom. The van der Waals surface area contributed by atoms with E-state index in [1.807, 2.05) is 12.1 Å². The number of methoxy groups -OCH3 is 3. The number of rotatable bonds is 7. The summed E-state index contributed by atoms with van der Waals surface area (Å²) in [6.45, 7) is 2.68. The predicted octanol–water partition coefficient (Wildman–Crippen LogP) is 3.11.